The maximum atomic E-state index is 14.3. The summed E-state index contributed by atoms with van der Waals surface area (Å²) in [5.41, 5.74) is 3.18. The first-order chi connectivity index (χ1) is 11.9. The van der Waals surface area contributed by atoms with Crippen molar-refractivity contribution in [1.82, 2.24) is 15.3 Å². The molecule has 0 aromatic heterocycles. The minimum Gasteiger partial charge on any atom is -0.373 e. The Balaban J connectivity index is 1.50. The lowest BCUT2D eigenvalue weighted by Crippen LogP contribution is -2.59. The van der Waals surface area contributed by atoms with Gasteiger partial charge in [0.15, 0.2) is 0 Å². The Bertz CT molecular complexity index is 647. The van der Waals surface area contributed by atoms with Crippen LogP contribution in [0.15, 0.2) is 12.1 Å². The number of hydrogen-bond acceptors (Lipinski definition) is 5. The number of carbonyl (C=O) groups is 1. The SMILES string of the molecule is CN1CC(C)(OCCCN2CCc3cc(C(=O)NO)cc(F)c3C2)C1. The average molecular weight is 351 g/mol. The van der Waals surface area contributed by atoms with Gasteiger partial charge in [-0.05, 0) is 44.5 Å². The third-order valence-electron chi connectivity index (χ3n) is 5.01. The zero-order chi connectivity index (χ0) is 18.0. The van der Waals surface area contributed by atoms with Crippen LogP contribution in [0.2, 0.25) is 0 Å². The summed E-state index contributed by atoms with van der Waals surface area (Å²) in [6.45, 7) is 7.03. The molecule has 1 saturated heterocycles. The topological polar surface area (TPSA) is 65.0 Å². The molecule has 1 fully saturated rings. The summed E-state index contributed by atoms with van der Waals surface area (Å²) in [5, 5.41) is 8.69. The standard InChI is InChI=1S/C18H26FN3O3/c1-18(11-21(2)12-18)25-7-3-5-22-6-4-13-8-14(17(23)20-24)9-16(19)15(13)10-22/h8-9,24H,3-7,10-12H2,1-2H3,(H,20,23). The number of halogens is 1. The first-order valence-electron chi connectivity index (χ1n) is 8.71. The lowest BCUT2D eigenvalue weighted by molar-refractivity contribution is -0.124. The van der Waals surface area contributed by atoms with E-state index in [-0.39, 0.29) is 17.0 Å². The fourth-order valence-electron chi connectivity index (χ4n) is 3.86. The number of amides is 1. The number of likely N-dealkylation sites (tertiary alicyclic amines) is 1. The number of nitrogens with zero attached hydrogens (tertiary/aromatic N) is 2. The molecular formula is C18H26FN3O3. The molecule has 3 rings (SSSR count). The first kappa shape index (κ1) is 18.3. The Morgan fingerprint density at radius 1 is 1.44 bits per heavy atom. The maximum absolute atomic E-state index is 14.3. The smallest absolute Gasteiger partial charge is 0.274 e. The normalized spacial score (nSPS) is 20.0. The third kappa shape index (κ3) is 4.17. The molecule has 1 aromatic rings. The largest absolute Gasteiger partial charge is 0.373 e. The van der Waals surface area contributed by atoms with E-state index in [0.29, 0.717) is 25.1 Å². The van der Waals surface area contributed by atoms with Crippen LogP contribution in [0.4, 0.5) is 4.39 Å². The molecule has 2 aliphatic heterocycles. The Labute approximate surface area is 147 Å². The lowest BCUT2D eigenvalue weighted by atomic mass is 9.96. The van der Waals surface area contributed by atoms with Crippen molar-refractivity contribution in [2.45, 2.75) is 31.9 Å². The second-order valence-electron chi connectivity index (χ2n) is 7.39. The molecule has 0 atom stereocenters. The number of benzene rings is 1. The molecule has 0 spiro atoms. The fraction of sp³-hybridized carbons (Fsp3) is 0.611. The number of hydrogen-bond donors (Lipinski definition) is 2. The summed E-state index contributed by atoms with van der Waals surface area (Å²) in [6, 6.07) is 2.85. The maximum Gasteiger partial charge on any atom is 0.274 e. The molecule has 0 bridgehead atoms. The van der Waals surface area contributed by atoms with Crippen LogP contribution in [-0.4, -0.2) is 66.3 Å². The van der Waals surface area contributed by atoms with Crippen molar-refractivity contribution in [2.24, 2.45) is 0 Å². The van der Waals surface area contributed by atoms with Crippen molar-refractivity contribution in [3.8, 4) is 0 Å². The monoisotopic (exact) mass is 351 g/mol. The molecule has 0 unspecified atom stereocenters. The van der Waals surface area contributed by atoms with Gasteiger partial charge in [0, 0.05) is 50.5 Å². The van der Waals surface area contributed by atoms with Gasteiger partial charge < -0.3 is 9.64 Å². The highest BCUT2D eigenvalue weighted by atomic mass is 19.1. The summed E-state index contributed by atoms with van der Waals surface area (Å²) in [7, 11) is 2.08. The summed E-state index contributed by atoms with van der Waals surface area (Å²) < 4.78 is 20.3. The van der Waals surface area contributed by atoms with Gasteiger partial charge in [0.1, 0.15) is 5.82 Å². The Morgan fingerprint density at radius 3 is 2.88 bits per heavy atom. The number of likely N-dealkylation sites (N-methyl/N-ethyl adjacent to an activating group) is 1. The van der Waals surface area contributed by atoms with E-state index in [4.69, 9.17) is 9.94 Å². The zero-order valence-corrected chi connectivity index (χ0v) is 14.8. The predicted octanol–water partition coefficient (Wildman–Crippen LogP) is 1.41. The van der Waals surface area contributed by atoms with E-state index in [9.17, 15) is 9.18 Å². The summed E-state index contributed by atoms with van der Waals surface area (Å²) in [4.78, 5) is 15.9. The van der Waals surface area contributed by atoms with Crippen molar-refractivity contribution in [3.05, 3.63) is 34.6 Å². The van der Waals surface area contributed by atoms with Gasteiger partial charge in [-0.2, -0.15) is 0 Å². The first-order valence-corrected chi connectivity index (χ1v) is 8.71. The van der Waals surface area contributed by atoms with Crippen LogP contribution < -0.4 is 5.48 Å². The van der Waals surface area contributed by atoms with Crippen molar-refractivity contribution in [3.63, 3.8) is 0 Å². The molecule has 2 aliphatic rings. The Morgan fingerprint density at radius 2 is 2.20 bits per heavy atom. The van der Waals surface area contributed by atoms with Gasteiger partial charge in [-0.25, -0.2) is 9.87 Å². The van der Waals surface area contributed by atoms with Crippen molar-refractivity contribution in [1.29, 1.82) is 0 Å². The number of fused-ring (bicyclic) bond motifs is 1. The molecule has 138 valence electrons. The van der Waals surface area contributed by atoms with Crippen LogP contribution in [0, 0.1) is 5.82 Å². The number of rotatable bonds is 6. The summed E-state index contributed by atoms with van der Waals surface area (Å²) in [5.74, 6) is -1.07. The summed E-state index contributed by atoms with van der Waals surface area (Å²) in [6.07, 6.45) is 1.61. The predicted molar refractivity (Wildman–Crippen MR) is 91.1 cm³/mol. The molecule has 1 aromatic carbocycles. The van der Waals surface area contributed by atoms with Gasteiger partial charge in [0.2, 0.25) is 0 Å². The van der Waals surface area contributed by atoms with Crippen molar-refractivity contribution < 1.29 is 19.1 Å². The Kier molecular flexibility index (Phi) is 5.38. The second kappa shape index (κ2) is 7.37. The van der Waals surface area contributed by atoms with Crippen LogP contribution in [0.3, 0.4) is 0 Å². The molecule has 0 radical (unpaired) electrons. The molecule has 7 heteroatoms. The van der Waals surface area contributed by atoms with Crippen LogP contribution in [0.5, 0.6) is 0 Å². The van der Waals surface area contributed by atoms with Crippen LogP contribution >= 0.6 is 0 Å². The minimum absolute atomic E-state index is 0.0148. The molecule has 1 amide bonds. The molecule has 6 nitrogen and oxygen atoms in total. The van der Waals surface area contributed by atoms with Gasteiger partial charge in [-0.1, -0.05) is 0 Å². The van der Waals surface area contributed by atoms with Gasteiger partial charge >= 0.3 is 0 Å². The van der Waals surface area contributed by atoms with Gasteiger partial charge in [-0.15, -0.1) is 0 Å². The van der Waals surface area contributed by atoms with Crippen molar-refractivity contribution in [2.75, 3.05) is 39.8 Å². The van der Waals surface area contributed by atoms with Crippen molar-refractivity contribution >= 4 is 5.91 Å². The number of carbonyl (C=O) groups excluding carboxylic acids is 1. The lowest BCUT2D eigenvalue weighted by Gasteiger charge is -2.45. The number of hydroxylamine groups is 1. The molecule has 2 N–H and O–H groups in total. The molecule has 0 saturated carbocycles. The highest BCUT2D eigenvalue weighted by Gasteiger charge is 2.37. The van der Waals surface area contributed by atoms with E-state index in [1.54, 1.807) is 11.5 Å². The zero-order valence-electron chi connectivity index (χ0n) is 14.8. The molecule has 0 aliphatic carbocycles. The highest BCUT2D eigenvalue weighted by Crippen LogP contribution is 2.25. The van der Waals surface area contributed by atoms with Gasteiger partial charge in [0.05, 0.1) is 5.60 Å². The third-order valence-corrected chi connectivity index (χ3v) is 5.01. The van der Waals surface area contributed by atoms with E-state index in [2.05, 4.69) is 23.8 Å². The molecule has 2 heterocycles. The minimum atomic E-state index is -0.684. The van der Waals surface area contributed by atoms with Gasteiger partial charge in [0.25, 0.3) is 5.91 Å². The van der Waals surface area contributed by atoms with Crippen LogP contribution in [0.1, 0.15) is 34.8 Å². The van der Waals surface area contributed by atoms with E-state index in [1.165, 1.54) is 6.07 Å². The Hall–Kier alpha value is -1.54. The quantitative estimate of drug-likeness (QED) is 0.461. The van der Waals surface area contributed by atoms with E-state index in [1.807, 2.05) is 0 Å². The van der Waals surface area contributed by atoms with E-state index in [0.717, 1.165) is 38.2 Å². The molecular weight excluding hydrogens is 325 g/mol. The van der Waals surface area contributed by atoms with Gasteiger partial charge in [-0.3, -0.25) is 14.9 Å². The number of ether oxygens (including phenoxy) is 1. The van der Waals surface area contributed by atoms with E-state index >= 15 is 0 Å². The average Bonchev–Trinajstić information content (AvgIpc) is 2.57. The van der Waals surface area contributed by atoms with Crippen LogP contribution in [0.25, 0.3) is 0 Å². The fourth-order valence-corrected chi connectivity index (χ4v) is 3.86. The molecule has 25 heavy (non-hydrogen) atoms. The second-order valence-corrected chi connectivity index (χ2v) is 7.39. The van der Waals surface area contributed by atoms with E-state index < -0.39 is 5.91 Å². The van der Waals surface area contributed by atoms with Crippen LogP contribution in [-0.2, 0) is 17.7 Å². The summed E-state index contributed by atoms with van der Waals surface area (Å²) >= 11 is 0. The number of nitrogens with one attached hydrogen (secondary N) is 1. The highest BCUT2D eigenvalue weighted by molar-refractivity contribution is 5.93.